The predicted molar refractivity (Wildman–Crippen MR) is 169 cm³/mol. The average Bonchev–Trinajstić information content (AvgIpc) is 2.97. The van der Waals surface area contributed by atoms with Crippen LogP contribution in [0.2, 0.25) is 10.0 Å². The number of nitrogens with zero attached hydrogens (tertiary/aromatic N) is 2. The van der Waals surface area contributed by atoms with E-state index in [-0.39, 0.29) is 17.4 Å². The third kappa shape index (κ3) is 7.81. The van der Waals surface area contributed by atoms with Crippen LogP contribution in [0.1, 0.15) is 24.1 Å². The molecule has 1 fully saturated rings. The number of aliphatic carboxylic acids is 2. The lowest BCUT2D eigenvalue weighted by Crippen LogP contribution is -2.70. The number of carbonyl (C=O) groups is 4. The lowest BCUT2D eigenvalue weighted by Gasteiger charge is -2.49. The number of benzene rings is 1. The highest BCUT2D eigenvalue weighted by atomic mass is 35.5. The number of β-lactam (4-membered cyclic amide) rings is 1. The van der Waals surface area contributed by atoms with Crippen LogP contribution in [0, 0.1) is 13.8 Å². The Morgan fingerprint density at radius 3 is 2.63 bits per heavy atom. The molecule has 0 bridgehead atoms. The van der Waals surface area contributed by atoms with Gasteiger partial charge in [0.2, 0.25) is 5.91 Å². The summed E-state index contributed by atoms with van der Waals surface area (Å²) in [6, 6.07) is 5.22. The highest BCUT2D eigenvalue weighted by Crippen LogP contribution is 2.42. The Balaban J connectivity index is 1.37. The van der Waals surface area contributed by atoms with Crippen molar-refractivity contribution in [3.63, 3.8) is 0 Å². The summed E-state index contributed by atoms with van der Waals surface area (Å²) < 4.78 is 2.05. The predicted octanol–water partition coefficient (Wildman–Crippen LogP) is 3.71. The summed E-state index contributed by atoms with van der Waals surface area (Å²) in [6.07, 6.45) is 2.93. The number of thioether (sulfide) groups is 3. The van der Waals surface area contributed by atoms with Crippen molar-refractivity contribution < 1.29 is 34.0 Å². The monoisotopic (exact) mass is 685 g/mol. The minimum Gasteiger partial charge on any atom is -0.480 e. The third-order valence-corrected chi connectivity index (χ3v) is 11.5. The van der Waals surface area contributed by atoms with E-state index in [1.54, 1.807) is 18.2 Å². The molecule has 2 aliphatic rings. The molecule has 5 N–H and O–H groups in total. The fourth-order valence-corrected chi connectivity index (χ4v) is 8.57. The zero-order valence-electron chi connectivity index (χ0n) is 23.3. The summed E-state index contributed by atoms with van der Waals surface area (Å²) in [5, 5.41) is 22.2. The standard InChI is InChI=1S/C28H30Cl2N4O6S3/c1-14-15(2)33(8-3-4-19(31)27(37)38)9-7-20(14)41-11-16-12-43-26-23(25(36)34(26)24(16)28(39)40)32-22(35)13-42-21-10-17(29)5-6-18(21)30/h5-7,9-10,19,23,26H,3-4,8,11-13,31H2,1-2H3,(H2-,32,35,37,38,39,40)/p+1/t19-,23+,26+/m0/s1. The SMILES string of the molecule is Cc1c(SCC2=C(C(=O)O)N3C(=O)[C@@H](NC(=O)CSc4cc(Cl)ccc4Cl)[C@H]3SC2)cc[n+](CCC[C@H](N)C(=O)O)c1C. The number of pyridine rings is 1. The summed E-state index contributed by atoms with van der Waals surface area (Å²) >= 11 is 16.3. The number of nitrogens with two attached hydrogens (primary N) is 1. The van der Waals surface area contributed by atoms with Crippen LogP contribution < -0.4 is 15.6 Å². The second-order valence-corrected chi connectivity index (χ2v) is 14.0. The second kappa shape index (κ2) is 14.6. The van der Waals surface area contributed by atoms with E-state index < -0.39 is 35.3 Å². The van der Waals surface area contributed by atoms with Gasteiger partial charge < -0.3 is 21.3 Å². The van der Waals surface area contributed by atoms with Gasteiger partial charge in [0.05, 0.1) is 10.8 Å². The van der Waals surface area contributed by atoms with Crippen molar-refractivity contribution >= 4 is 82.2 Å². The van der Waals surface area contributed by atoms with Crippen LogP contribution in [0.5, 0.6) is 0 Å². The molecule has 1 aromatic carbocycles. The van der Waals surface area contributed by atoms with Gasteiger partial charge in [-0.2, -0.15) is 0 Å². The van der Waals surface area contributed by atoms with Crippen LogP contribution in [0.25, 0.3) is 0 Å². The van der Waals surface area contributed by atoms with E-state index in [4.69, 9.17) is 34.0 Å². The third-order valence-electron chi connectivity index (χ3n) is 7.20. The van der Waals surface area contributed by atoms with Gasteiger partial charge in [-0.05, 0) is 37.1 Å². The fraction of sp³-hybridized carbons (Fsp3) is 0.393. The summed E-state index contributed by atoms with van der Waals surface area (Å²) in [5.74, 6) is -2.18. The minimum absolute atomic E-state index is 0.0243. The molecule has 15 heteroatoms. The van der Waals surface area contributed by atoms with E-state index >= 15 is 0 Å². The second-order valence-electron chi connectivity index (χ2n) is 10.0. The summed E-state index contributed by atoms with van der Waals surface area (Å²) in [6.45, 7) is 4.60. The molecule has 0 spiro atoms. The number of aromatic nitrogens is 1. The van der Waals surface area contributed by atoms with E-state index in [1.807, 2.05) is 30.7 Å². The summed E-state index contributed by atoms with van der Waals surface area (Å²) in [5.41, 5.74) is 8.27. The highest BCUT2D eigenvalue weighted by molar-refractivity contribution is 8.01. The number of carboxylic acids is 2. The first-order valence-corrected chi connectivity index (χ1v) is 17.0. The van der Waals surface area contributed by atoms with Crippen LogP contribution in [0.3, 0.4) is 0 Å². The van der Waals surface area contributed by atoms with Crippen LogP contribution in [0.15, 0.2) is 51.5 Å². The molecule has 230 valence electrons. The molecule has 4 rings (SSSR count). The van der Waals surface area contributed by atoms with Crippen molar-refractivity contribution in [1.29, 1.82) is 0 Å². The largest absolute Gasteiger partial charge is 0.480 e. The fourth-order valence-electron chi connectivity index (χ4n) is 4.70. The molecule has 0 radical (unpaired) electrons. The number of amides is 2. The Bertz CT molecular complexity index is 1490. The smallest absolute Gasteiger partial charge is 0.352 e. The number of halogens is 2. The molecule has 10 nitrogen and oxygen atoms in total. The molecule has 0 saturated carbocycles. The summed E-state index contributed by atoms with van der Waals surface area (Å²) in [7, 11) is 0. The molecular formula is C28H31Cl2N4O6S3+. The topological polar surface area (TPSA) is 154 Å². The molecule has 2 amide bonds. The lowest BCUT2D eigenvalue weighted by molar-refractivity contribution is -0.703. The van der Waals surface area contributed by atoms with Gasteiger partial charge in [-0.3, -0.25) is 19.3 Å². The average molecular weight is 687 g/mol. The normalized spacial score (nSPS) is 18.6. The zero-order chi connectivity index (χ0) is 31.4. The van der Waals surface area contributed by atoms with Crippen LogP contribution in [0.4, 0.5) is 0 Å². The molecule has 43 heavy (non-hydrogen) atoms. The zero-order valence-corrected chi connectivity index (χ0v) is 27.3. The van der Waals surface area contributed by atoms with Gasteiger partial charge in [0.25, 0.3) is 5.91 Å². The molecule has 2 aliphatic heterocycles. The van der Waals surface area contributed by atoms with Crippen LogP contribution in [-0.2, 0) is 25.7 Å². The van der Waals surface area contributed by atoms with Crippen molar-refractivity contribution in [3.05, 3.63) is 63.0 Å². The molecular weight excluding hydrogens is 655 g/mol. The first kappa shape index (κ1) is 33.5. The van der Waals surface area contributed by atoms with Gasteiger partial charge in [0.1, 0.15) is 29.7 Å². The van der Waals surface area contributed by atoms with E-state index in [1.165, 1.54) is 40.2 Å². The van der Waals surface area contributed by atoms with Crippen molar-refractivity contribution in [2.24, 2.45) is 5.73 Å². The molecule has 0 aliphatic carbocycles. The first-order valence-electron chi connectivity index (χ1n) is 13.3. The van der Waals surface area contributed by atoms with Crippen LogP contribution in [-0.4, -0.2) is 73.6 Å². The quantitative estimate of drug-likeness (QED) is 0.139. The number of aryl methyl sites for hydroxylation is 1. The number of hydrogen-bond acceptors (Lipinski definition) is 8. The van der Waals surface area contributed by atoms with E-state index in [0.717, 1.165) is 16.2 Å². The maximum Gasteiger partial charge on any atom is 0.352 e. The molecule has 2 aromatic rings. The maximum absolute atomic E-state index is 13.0. The van der Waals surface area contributed by atoms with Gasteiger partial charge >= 0.3 is 11.9 Å². The van der Waals surface area contributed by atoms with Gasteiger partial charge in [-0.15, -0.1) is 35.3 Å². The Kier molecular flexibility index (Phi) is 11.3. The molecule has 3 heterocycles. The number of carbonyl (C=O) groups excluding carboxylic acids is 2. The Hall–Kier alpha value is -2.42. The maximum atomic E-state index is 13.0. The Morgan fingerprint density at radius 1 is 1.19 bits per heavy atom. The summed E-state index contributed by atoms with van der Waals surface area (Å²) in [4.78, 5) is 51.8. The first-order chi connectivity index (χ1) is 20.4. The van der Waals surface area contributed by atoms with Crippen molar-refractivity contribution in [2.45, 2.75) is 60.5 Å². The highest BCUT2D eigenvalue weighted by Gasteiger charge is 2.54. The van der Waals surface area contributed by atoms with E-state index in [0.29, 0.717) is 51.4 Å². The van der Waals surface area contributed by atoms with Gasteiger partial charge in [-0.1, -0.05) is 23.2 Å². The molecule has 0 unspecified atom stereocenters. The van der Waals surface area contributed by atoms with Crippen molar-refractivity contribution in [1.82, 2.24) is 10.2 Å². The van der Waals surface area contributed by atoms with Gasteiger partial charge in [-0.25, -0.2) is 9.36 Å². The minimum atomic E-state index is -1.18. The number of carboxylic acid groups (broad SMARTS) is 2. The van der Waals surface area contributed by atoms with Gasteiger partial charge in [0.15, 0.2) is 11.9 Å². The number of rotatable bonds is 13. The lowest BCUT2D eigenvalue weighted by atomic mass is 10.0. The van der Waals surface area contributed by atoms with E-state index in [2.05, 4.69) is 5.32 Å². The number of hydrogen-bond donors (Lipinski definition) is 4. The molecule has 1 aromatic heterocycles. The Morgan fingerprint density at radius 2 is 1.93 bits per heavy atom. The number of nitrogens with one attached hydrogen (secondary N) is 1. The number of fused-ring (bicyclic) bond motifs is 1. The molecule has 1 saturated heterocycles. The Labute approximate surface area is 271 Å². The molecule has 3 atom stereocenters. The van der Waals surface area contributed by atoms with Crippen molar-refractivity contribution in [3.8, 4) is 0 Å². The van der Waals surface area contributed by atoms with Crippen molar-refractivity contribution in [2.75, 3.05) is 17.3 Å². The van der Waals surface area contributed by atoms with E-state index in [9.17, 15) is 24.3 Å². The van der Waals surface area contributed by atoms with Crippen LogP contribution >= 0.6 is 58.5 Å². The van der Waals surface area contributed by atoms with Gasteiger partial charge in [0, 0.05) is 51.3 Å².